The van der Waals surface area contributed by atoms with Gasteiger partial charge < -0.3 is 9.80 Å². The second-order valence-electron chi connectivity index (χ2n) is 19.2. The van der Waals surface area contributed by atoms with E-state index in [-0.39, 0.29) is 0 Å². The molecule has 0 bridgehead atoms. The highest BCUT2D eigenvalue weighted by atomic mass is 15.4. The molecule has 0 radical (unpaired) electrons. The molecule has 1 aliphatic rings. The fourth-order valence-electron chi connectivity index (χ4n) is 9.55. The van der Waals surface area contributed by atoms with E-state index >= 15 is 0 Å². The van der Waals surface area contributed by atoms with Gasteiger partial charge in [-0.1, -0.05) is 297 Å². The van der Waals surface area contributed by atoms with Crippen molar-refractivity contribution in [2.24, 2.45) is 0 Å². The van der Waals surface area contributed by atoms with Gasteiger partial charge in [0.15, 0.2) is 0 Å². The first kappa shape index (κ1) is 54.4. The summed E-state index contributed by atoms with van der Waals surface area (Å²) in [6, 6.07) is 0. The molecule has 0 amide bonds. The Kier molecular flexibility index (Phi) is 44.3. The van der Waals surface area contributed by atoms with Crippen molar-refractivity contribution in [3.8, 4) is 0 Å². The summed E-state index contributed by atoms with van der Waals surface area (Å²) in [5, 5.41) is 0. The quantitative estimate of drug-likeness (QED) is 0.0566. The van der Waals surface area contributed by atoms with Gasteiger partial charge in [0.05, 0.1) is 0 Å². The number of rotatable bonds is 49. The molecule has 1 aliphatic heterocycles. The van der Waals surface area contributed by atoms with Crippen molar-refractivity contribution in [1.29, 1.82) is 0 Å². The fraction of sp³-hybridized carbons (Fsp3) is 0.964. The van der Waals surface area contributed by atoms with E-state index in [9.17, 15) is 0 Å². The van der Waals surface area contributed by atoms with Gasteiger partial charge >= 0.3 is 0 Å². The van der Waals surface area contributed by atoms with Crippen molar-refractivity contribution < 1.29 is 0 Å². The van der Waals surface area contributed by atoms with Crippen molar-refractivity contribution in [2.45, 2.75) is 329 Å². The molecule has 1 rings (SSSR count). The highest BCUT2D eigenvalue weighted by Gasteiger charge is 2.25. The van der Waals surface area contributed by atoms with Crippen LogP contribution in [-0.4, -0.2) is 29.1 Å². The second-order valence-corrected chi connectivity index (χ2v) is 19.2. The SMILES string of the molecule is CCCCCCCCCCCCCCCCCCCN1C=CN(CCCCCCCCCCCCCCCCCCC)C1CCCCCCCCCCCCCC. The monoisotopic (exact) mass is 799 g/mol. The van der Waals surface area contributed by atoms with Crippen molar-refractivity contribution in [1.82, 2.24) is 9.80 Å². The van der Waals surface area contributed by atoms with Crippen LogP contribution in [0.2, 0.25) is 0 Å². The minimum atomic E-state index is 0.634. The van der Waals surface area contributed by atoms with Crippen LogP contribution >= 0.6 is 0 Å². The summed E-state index contributed by atoms with van der Waals surface area (Å²) in [5.74, 6) is 0. The lowest BCUT2D eigenvalue weighted by molar-refractivity contribution is 0.135. The summed E-state index contributed by atoms with van der Waals surface area (Å²) in [4.78, 5) is 5.49. The number of unbranched alkanes of at least 4 members (excludes halogenated alkanes) is 43. The van der Waals surface area contributed by atoms with E-state index in [2.05, 4.69) is 43.0 Å². The molecule has 340 valence electrons. The molecule has 0 spiro atoms. The van der Waals surface area contributed by atoms with E-state index in [4.69, 9.17) is 0 Å². The topological polar surface area (TPSA) is 6.48 Å². The maximum atomic E-state index is 2.75. The first-order valence-electron chi connectivity index (χ1n) is 27.5. The van der Waals surface area contributed by atoms with E-state index in [1.807, 2.05) is 0 Å². The maximum Gasteiger partial charge on any atom is 0.101 e. The third-order valence-electron chi connectivity index (χ3n) is 13.6. The Labute approximate surface area is 362 Å². The highest BCUT2D eigenvalue weighted by Crippen LogP contribution is 2.24. The molecule has 2 heteroatoms. The van der Waals surface area contributed by atoms with E-state index < -0.39 is 0 Å². The Morgan fingerprint density at radius 1 is 0.228 bits per heavy atom. The Balaban J connectivity index is 2.17. The maximum absolute atomic E-state index is 2.75. The summed E-state index contributed by atoms with van der Waals surface area (Å²) in [7, 11) is 0. The van der Waals surface area contributed by atoms with Gasteiger partial charge in [0.25, 0.3) is 0 Å². The van der Waals surface area contributed by atoms with Crippen LogP contribution in [0.15, 0.2) is 12.4 Å². The van der Waals surface area contributed by atoms with Crippen LogP contribution in [0.25, 0.3) is 0 Å². The van der Waals surface area contributed by atoms with Gasteiger partial charge in [0.2, 0.25) is 0 Å². The smallest absolute Gasteiger partial charge is 0.101 e. The molecule has 0 fully saturated rings. The summed E-state index contributed by atoms with van der Waals surface area (Å²) >= 11 is 0. The zero-order valence-electron chi connectivity index (χ0n) is 40.3. The summed E-state index contributed by atoms with van der Waals surface area (Å²) < 4.78 is 0. The largest absolute Gasteiger partial charge is 0.356 e. The van der Waals surface area contributed by atoms with Gasteiger partial charge in [-0.25, -0.2) is 0 Å². The average molecular weight is 799 g/mol. The van der Waals surface area contributed by atoms with Gasteiger partial charge in [0, 0.05) is 25.5 Å². The molecule has 0 saturated carbocycles. The number of nitrogens with zero attached hydrogens (tertiary/aromatic N) is 2. The van der Waals surface area contributed by atoms with Gasteiger partial charge in [-0.15, -0.1) is 0 Å². The predicted molar refractivity (Wildman–Crippen MR) is 260 cm³/mol. The molecule has 2 nitrogen and oxygen atoms in total. The first-order valence-corrected chi connectivity index (χ1v) is 27.5. The average Bonchev–Trinajstić information content (AvgIpc) is 3.61. The molecule has 0 N–H and O–H groups in total. The Morgan fingerprint density at radius 3 is 0.614 bits per heavy atom. The lowest BCUT2D eigenvalue weighted by Crippen LogP contribution is -2.39. The van der Waals surface area contributed by atoms with Crippen LogP contribution < -0.4 is 0 Å². The normalized spacial score (nSPS) is 13.2. The Hall–Kier alpha value is -0.660. The van der Waals surface area contributed by atoms with Crippen molar-refractivity contribution in [3.63, 3.8) is 0 Å². The van der Waals surface area contributed by atoms with Crippen LogP contribution in [0.4, 0.5) is 0 Å². The molecule has 0 atom stereocenters. The Bertz CT molecular complexity index is 714. The highest BCUT2D eigenvalue weighted by molar-refractivity contribution is 4.97. The molecule has 0 aliphatic carbocycles. The van der Waals surface area contributed by atoms with Crippen LogP contribution in [0, 0.1) is 0 Å². The van der Waals surface area contributed by atoms with Crippen LogP contribution in [-0.2, 0) is 0 Å². The van der Waals surface area contributed by atoms with Crippen molar-refractivity contribution in [3.05, 3.63) is 12.4 Å². The molecule has 0 saturated heterocycles. The molecular weight excluding hydrogens is 689 g/mol. The minimum Gasteiger partial charge on any atom is -0.356 e. The van der Waals surface area contributed by atoms with E-state index in [1.54, 1.807) is 0 Å². The fourth-order valence-corrected chi connectivity index (χ4v) is 9.55. The summed E-state index contributed by atoms with van der Waals surface area (Å²) in [5.41, 5.74) is 0. The molecule has 0 aromatic carbocycles. The van der Waals surface area contributed by atoms with Crippen LogP contribution in [0.3, 0.4) is 0 Å². The third kappa shape index (κ3) is 38.0. The zero-order chi connectivity index (χ0) is 40.8. The molecule has 0 aromatic heterocycles. The minimum absolute atomic E-state index is 0.634. The van der Waals surface area contributed by atoms with Gasteiger partial charge in [-0.05, 0) is 25.7 Å². The van der Waals surface area contributed by atoms with E-state index in [0.717, 1.165) is 0 Å². The number of hydrogen-bond acceptors (Lipinski definition) is 2. The predicted octanol–water partition coefficient (Wildman–Crippen LogP) is 19.8. The van der Waals surface area contributed by atoms with Gasteiger partial charge in [0.1, 0.15) is 6.17 Å². The lowest BCUT2D eigenvalue weighted by Gasteiger charge is -2.33. The molecule has 1 heterocycles. The second kappa shape index (κ2) is 46.4. The number of hydrogen-bond donors (Lipinski definition) is 0. The van der Waals surface area contributed by atoms with Gasteiger partial charge in [-0.2, -0.15) is 0 Å². The van der Waals surface area contributed by atoms with Crippen LogP contribution in [0.1, 0.15) is 323 Å². The van der Waals surface area contributed by atoms with E-state index in [0.29, 0.717) is 6.17 Å². The molecule has 57 heavy (non-hydrogen) atoms. The third-order valence-corrected chi connectivity index (χ3v) is 13.6. The molecule has 0 unspecified atom stereocenters. The lowest BCUT2D eigenvalue weighted by atomic mass is 10.0. The zero-order valence-corrected chi connectivity index (χ0v) is 40.3. The Morgan fingerprint density at radius 2 is 0.404 bits per heavy atom. The van der Waals surface area contributed by atoms with Crippen molar-refractivity contribution >= 4 is 0 Å². The molecule has 0 aromatic rings. The van der Waals surface area contributed by atoms with Crippen molar-refractivity contribution in [2.75, 3.05) is 13.1 Å². The summed E-state index contributed by atoms with van der Waals surface area (Å²) in [6.07, 6.45) is 73.8. The van der Waals surface area contributed by atoms with Crippen LogP contribution in [0.5, 0.6) is 0 Å². The van der Waals surface area contributed by atoms with Gasteiger partial charge in [-0.3, -0.25) is 0 Å². The van der Waals surface area contributed by atoms with E-state index in [1.165, 1.54) is 315 Å². The summed E-state index contributed by atoms with van der Waals surface area (Å²) in [6.45, 7) is 9.50. The first-order chi connectivity index (χ1) is 28.3. The standard InChI is InChI=1S/C55H110N2/c1-4-7-10-13-16-19-22-25-27-29-31-33-36-39-42-45-48-51-56-53-54-57(55(56)50-47-44-41-38-35-24-21-18-15-12-9-6-3)52-49-46-43-40-37-34-32-30-28-26-23-20-17-14-11-8-5-2/h53-55H,4-52H2,1-3H3. The molecular formula is C55H110N2.